The highest BCUT2D eigenvalue weighted by Crippen LogP contribution is 2.60. The first kappa shape index (κ1) is 17.4. The average Bonchev–Trinajstić information content (AvgIpc) is 2.57. The van der Waals surface area contributed by atoms with Crippen molar-refractivity contribution in [1.82, 2.24) is 5.32 Å². The maximum atomic E-state index is 9.98. The first-order valence-corrected chi connectivity index (χ1v) is 10.2. The SMILES string of the molecule is CC(C)NC[C@H](O)COc1ccc(C23CC4CC(CC(C4)C2)C3)cc1. The van der Waals surface area contributed by atoms with E-state index in [4.69, 9.17) is 4.74 Å². The summed E-state index contributed by atoms with van der Waals surface area (Å²) in [5.74, 6) is 3.81. The smallest absolute Gasteiger partial charge is 0.119 e. The van der Waals surface area contributed by atoms with Gasteiger partial charge in [0.1, 0.15) is 18.5 Å². The fourth-order valence-electron chi connectivity index (χ4n) is 5.99. The molecule has 4 saturated carbocycles. The Morgan fingerprint density at radius 2 is 1.60 bits per heavy atom. The quantitative estimate of drug-likeness (QED) is 0.789. The van der Waals surface area contributed by atoms with Crippen LogP contribution in [0.25, 0.3) is 0 Å². The molecule has 0 aliphatic heterocycles. The number of hydrogen-bond acceptors (Lipinski definition) is 3. The molecule has 4 fully saturated rings. The van der Waals surface area contributed by atoms with Gasteiger partial charge in [-0.25, -0.2) is 0 Å². The molecule has 1 atom stereocenters. The molecule has 1 aromatic carbocycles. The number of ether oxygens (including phenoxy) is 1. The van der Waals surface area contributed by atoms with E-state index in [0.29, 0.717) is 24.6 Å². The average molecular weight is 344 g/mol. The van der Waals surface area contributed by atoms with Gasteiger partial charge in [-0.05, 0) is 79.4 Å². The van der Waals surface area contributed by atoms with Crippen molar-refractivity contribution in [2.75, 3.05) is 13.2 Å². The highest BCUT2D eigenvalue weighted by Gasteiger charge is 2.51. The van der Waals surface area contributed by atoms with E-state index in [9.17, 15) is 5.11 Å². The zero-order valence-electron chi connectivity index (χ0n) is 15.7. The summed E-state index contributed by atoms with van der Waals surface area (Å²) in [7, 11) is 0. The van der Waals surface area contributed by atoms with Crippen LogP contribution in [0, 0.1) is 17.8 Å². The second kappa shape index (κ2) is 6.92. The van der Waals surface area contributed by atoms with Crippen LogP contribution in [0.1, 0.15) is 57.9 Å². The zero-order chi connectivity index (χ0) is 17.4. The van der Waals surface area contributed by atoms with Crippen molar-refractivity contribution in [2.45, 2.75) is 69.9 Å². The normalized spacial score (nSPS) is 34.5. The van der Waals surface area contributed by atoms with Crippen molar-refractivity contribution in [2.24, 2.45) is 17.8 Å². The van der Waals surface area contributed by atoms with Crippen molar-refractivity contribution in [3.8, 4) is 5.75 Å². The Morgan fingerprint density at radius 1 is 1.04 bits per heavy atom. The summed E-state index contributed by atoms with van der Waals surface area (Å²) in [4.78, 5) is 0. The van der Waals surface area contributed by atoms with Gasteiger partial charge < -0.3 is 15.2 Å². The van der Waals surface area contributed by atoms with Gasteiger partial charge in [0.15, 0.2) is 0 Å². The molecule has 2 N–H and O–H groups in total. The van der Waals surface area contributed by atoms with E-state index in [1.165, 1.54) is 44.1 Å². The molecule has 0 heterocycles. The number of rotatable bonds is 7. The third-order valence-corrected chi connectivity index (χ3v) is 6.71. The molecule has 4 aliphatic carbocycles. The predicted molar refractivity (Wildman–Crippen MR) is 101 cm³/mol. The fraction of sp³-hybridized carbons (Fsp3) is 0.727. The van der Waals surface area contributed by atoms with Crippen LogP contribution in [0.5, 0.6) is 5.75 Å². The molecule has 5 rings (SSSR count). The van der Waals surface area contributed by atoms with Gasteiger partial charge in [-0.2, -0.15) is 0 Å². The molecule has 138 valence electrons. The molecule has 25 heavy (non-hydrogen) atoms. The minimum absolute atomic E-state index is 0.344. The molecule has 1 aromatic rings. The summed E-state index contributed by atoms with van der Waals surface area (Å²) in [6, 6.07) is 9.18. The number of hydrogen-bond donors (Lipinski definition) is 2. The van der Waals surface area contributed by atoms with E-state index in [1.807, 2.05) is 0 Å². The zero-order valence-corrected chi connectivity index (χ0v) is 15.7. The molecule has 0 unspecified atom stereocenters. The van der Waals surface area contributed by atoms with Crippen LogP contribution < -0.4 is 10.1 Å². The fourth-order valence-corrected chi connectivity index (χ4v) is 5.99. The van der Waals surface area contributed by atoms with E-state index < -0.39 is 6.10 Å². The van der Waals surface area contributed by atoms with E-state index in [2.05, 4.69) is 43.4 Å². The van der Waals surface area contributed by atoms with E-state index in [0.717, 1.165) is 23.5 Å². The molecular formula is C22H33NO2. The van der Waals surface area contributed by atoms with Gasteiger partial charge in [-0.15, -0.1) is 0 Å². The summed E-state index contributed by atoms with van der Waals surface area (Å²) < 4.78 is 5.78. The summed E-state index contributed by atoms with van der Waals surface area (Å²) >= 11 is 0. The lowest BCUT2D eigenvalue weighted by Gasteiger charge is -2.57. The summed E-state index contributed by atoms with van der Waals surface area (Å²) in [6.07, 6.45) is 8.20. The van der Waals surface area contributed by atoms with Crippen LogP contribution in [0.4, 0.5) is 0 Å². The first-order chi connectivity index (χ1) is 12.0. The molecule has 0 radical (unpaired) electrons. The minimum Gasteiger partial charge on any atom is -0.491 e. The van der Waals surface area contributed by atoms with Gasteiger partial charge >= 0.3 is 0 Å². The van der Waals surface area contributed by atoms with Gasteiger partial charge in [0.05, 0.1) is 0 Å². The highest BCUT2D eigenvalue weighted by atomic mass is 16.5. The van der Waals surface area contributed by atoms with Crippen LogP contribution in [-0.2, 0) is 5.41 Å². The Labute approximate surface area is 152 Å². The molecule has 4 aliphatic rings. The standard InChI is InChI=1S/C22H33NO2/c1-15(2)23-13-20(24)14-25-21-5-3-19(4-6-21)22-10-16-7-17(11-22)9-18(8-16)12-22/h3-6,15-18,20,23-24H,7-14H2,1-2H3/t16?,17?,18?,20-,22?/m0/s1. The molecule has 0 aromatic heterocycles. The Bertz CT molecular complexity index is 545. The lowest BCUT2D eigenvalue weighted by atomic mass is 9.48. The van der Waals surface area contributed by atoms with Crippen LogP contribution in [0.15, 0.2) is 24.3 Å². The van der Waals surface area contributed by atoms with Crippen molar-refractivity contribution in [3.63, 3.8) is 0 Å². The van der Waals surface area contributed by atoms with E-state index in [1.54, 1.807) is 0 Å². The monoisotopic (exact) mass is 343 g/mol. The molecular weight excluding hydrogens is 310 g/mol. The third-order valence-electron chi connectivity index (χ3n) is 6.71. The molecule has 0 amide bonds. The summed E-state index contributed by atoms with van der Waals surface area (Å²) in [6.45, 7) is 5.08. The molecule has 0 spiro atoms. The van der Waals surface area contributed by atoms with E-state index >= 15 is 0 Å². The van der Waals surface area contributed by atoms with Crippen molar-refractivity contribution in [1.29, 1.82) is 0 Å². The Hall–Kier alpha value is -1.06. The third kappa shape index (κ3) is 3.73. The predicted octanol–water partition coefficient (Wildman–Crippen LogP) is 3.89. The first-order valence-electron chi connectivity index (χ1n) is 10.2. The van der Waals surface area contributed by atoms with Gasteiger partial charge in [-0.1, -0.05) is 26.0 Å². The van der Waals surface area contributed by atoms with Crippen LogP contribution in [-0.4, -0.2) is 30.4 Å². The number of nitrogens with one attached hydrogen (secondary N) is 1. The Balaban J connectivity index is 1.36. The van der Waals surface area contributed by atoms with Crippen LogP contribution in [0.2, 0.25) is 0 Å². The van der Waals surface area contributed by atoms with Gasteiger partial charge in [0.2, 0.25) is 0 Å². The van der Waals surface area contributed by atoms with Gasteiger partial charge in [0.25, 0.3) is 0 Å². The van der Waals surface area contributed by atoms with Crippen molar-refractivity contribution in [3.05, 3.63) is 29.8 Å². The van der Waals surface area contributed by atoms with Crippen molar-refractivity contribution >= 4 is 0 Å². The van der Waals surface area contributed by atoms with Gasteiger partial charge in [-0.3, -0.25) is 0 Å². The van der Waals surface area contributed by atoms with E-state index in [-0.39, 0.29) is 0 Å². The number of aliphatic hydroxyl groups excluding tert-OH is 1. The Morgan fingerprint density at radius 3 is 2.12 bits per heavy atom. The number of aliphatic hydroxyl groups is 1. The van der Waals surface area contributed by atoms with Crippen LogP contribution >= 0.6 is 0 Å². The molecule has 0 saturated heterocycles. The second-order valence-corrected chi connectivity index (χ2v) is 9.25. The lowest BCUT2D eigenvalue weighted by molar-refractivity contribution is -0.00521. The summed E-state index contributed by atoms with van der Waals surface area (Å²) in [5, 5.41) is 13.2. The second-order valence-electron chi connectivity index (χ2n) is 9.25. The van der Waals surface area contributed by atoms with Gasteiger partial charge in [0, 0.05) is 12.6 Å². The topological polar surface area (TPSA) is 41.5 Å². The molecule has 3 nitrogen and oxygen atoms in total. The maximum Gasteiger partial charge on any atom is 0.119 e. The minimum atomic E-state index is -0.467. The largest absolute Gasteiger partial charge is 0.491 e. The maximum absolute atomic E-state index is 9.98. The van der Waals surface area contributed by atoms with Crippen molar-refractivity contribution < 1.29 is 9.84 Å². The lowest BCUT2D eigenvalue weighted by Crippen LogP contribution is -2.48. The Kier molecular flexibility index (Phi) is 4.81. The van der Waals surface area contributed by atoms with Crippen LogP contribution in [0.3, 0.4) is 0 Å². The highest BCUT2D eigenvalue weighted by molar-refractivity contribution is 5.34. The molecule has 4 bridgehead atoms. The summed E-state index contributed by atoms with van der Waals surface area (Å²) in [5.41, 5.74) is 1.98. The molecule has 3 heteroatoms. The number of benzene rings is 1.